The Morgan fingerprint density at radius 3 is 2.29 bits per heavy atom. The minimum absolute atomic E-state index is 0. The Hall–Kier alpha value is -2.77. The Labute approximate surface area is 203 Å². The number of hydrogen-bond donors (Lipinski definition) is 2. The van der Waals surface area contributed by atoms with Crippen molar-refractivity contribution in [3.8, 4) is 5.75 Å². The lowest BCUT2D eigenvalue weighted by Gasteiger charge is -2.35. The number of halogens is 4. The zero-order chi connectivity index (χ0) is 23.4. The van der Waals surface area contributed by atoms with Crippen LogP contribution in [0.1, 0.15) is 54.6 Å². The molecule has 1 saturated carbocycles. The lowest BCUT2D eigenvalue weighted by molar-refractivity contribution is -0.274. The van der Waals surface area contributed by atoms with E-state index in [9.17, 15) is 18.0 Å². The van der Waals surface area contributed by atoms with Crippen molar-refractivity contribution in [1.82, 2.24) is 10.6 Å². The molecule has 1 aliphatic rings. The summed E-state index contributed by atoms with van der Waals surface area (Å²) in [7, 11) is 0. The lowest BCUT2D eigenvalue weighted by Crippen LogP contribution is -2.52. The summed E-state index contributed by atoms with van der Waals surface area (Å²) in [6.07, 6.45) is -0.870. The van der Waals surface area contributed by atoms with Crippen LogP contribution in [0, 0.1) is 0 Å². The lowest BCUT2D eigenvalue weighted by atomic mass is 9.88. The molecule has 0 bridgehead atoms. The Kier molecular flexibility index (Phi) is 8.44. The third-order valence-electron chi connectivity index (χ3n) is 6.19. The molecule has 3 atom stereocenters. The largest absolute Gasteiger partial charge is 0.573 e. The molecule has 0 radical (unpaired) electrons. The fraction of sp³-hybridized carbons (Fsp3) is 0.346. The van der Waals surface area contributed by atoms with E-state index in [-0.39, 0.29) is 42.2 Å². The predicted molar refractivity (Wildman–Crippen MR) is 129 cm³/mol. The fourth-order valence-electron chi connectivity index (χ4n) is 4.60. The highest BCUT2D eigenvalue weighted by Gasteiger charge is 2.31. The Balaban J connectivity index is 0.00000324. The van der Waals surface area contributed by atoms with Gasteiger partial charge in [0.05, 0.1) is 0 Å². The number of rotatable bonds is 6. The molecule has 3 aromatic carbocycles. The van der Waals surface area contributed by atoms with Crippen molar-refractivity contribution in [1.29, 1.82) is 0 Å². The first-order valence-electron chi connectivity index (χ1n) is 11.2. The number of hydrogen-bond acceptors (Lipinski definition) is 3. The number of alkyl halides is 3. The first-order valence-corrected chi connectivity index (χ1v) is 11.2. The first kappa shape index (κ1) is 25.8. The van der Waals surface area contributed by atoms with E-state index >= 15 is 0 Å². The van der Waals surface area contributed by atoms with E-state index in [0.717, 1.165) is 37.8 Å². The number of nitrogens with one attached hydrogen (secondary N) is 2. The summed E-state index contributed by atoms with van der Waals surface area (Å²) in [6, 6.07) is 19.7. The third kappa shape index (κ3) is 6.42. The number of carbonyl (C=O) groups is 1. The van der Waals surface area contributed by atoms with Gasteiger partial charge in [0, 0.05) is 23.7 Å². The molecule has 34 heavy (non-hydrogen) atoms. The maximum Gasteiger partial charge on any atom is 0.573 e. The van der Waals surface area contributed by atoms with Crippen LogP contribution in [0.2, 0.25) is 0 Å². The zero-order valence-corrected chi connectivity index (χ0v) is 19.6. The summed E-state index contributed by atoms with van der Waals surface area (Å²) in [5.41, 5.74) is 1.51. The fourth-order valence-corrected chi connectivity index (χ4v) is 4.60. The molecule has 0 spiro atoms. The van der Waals surface area contributed by atoms with Crippen molar-refractivity contribution >= 4 is 29.1 Å². The Morgan fingerprint density at radius 1 is 0.941 bits per heavy atom. The van der Waals surface area contributed by atoms with E-state index in [0.29, 0.717) is 5.56 Å². The Bertz CT molecular complexity index is 1100. The summed E-state index contributed by atoms with van der Waals surface area (Å²) in [4.78, 5) is 12.8. The van der Waals surface area contributed by atoms with Gasteiger partial charge in [-0.05, 0) is 60.4 Å². The molecule has 1 amide bonds. The maximum absolute atomic E-state index is 12.8. The van der Waals surface area contributed by atoms with Gasteiger partial charge in [0.15, 0.2) is 0 Å². The number of amides is 1. The molecule has 4 rings (SSSR count). The van der Waals surface area contributed by atoms with Crippen LogP contribution in [0.15, 0.2) is 66.7 Å². The van der Waals surface area contributed by atoms with Crippen LogP contribution in [0.3, 0.4) is 0 Å². The van der Waals surface area contributed by atoms with Gasteiger partial charge in [0.25, 0.3) is 5.91 Å². The van der Waals surface area contributed by atoms with E-state index in [4.69, 9.17) is 0 Å². The maximum atomic E-state index is 12.8. The average Bonchev–Trinajstić information content (AvgIpc) is 2.79. The van der Waals surface area contributed by atoms with Crippen molar-refractivity contribution < 1.29 is 22.7 Å². The standard InChI is InChI=1S/C26H27F3N2O2.ClH/c1-17(21-10-6-8-18-7-2-3-9-22(18)21)30-23-11-4-5-12-24(23)31-25(32)19-13-15-20(16-14-19)33-26(27,28)29;/h2-3,6-10,13-17,23-24,30H,4-5,11-12H2,1H3,(H,31,32);1H/t17?,23-,24-;/m1./s1. The van der Waals surface area contributed by atoms with Gasteiger partial charge < -0.3 is 15.4 Å². The molecule has 3 aromatic rings. The normalized spacial score (nSPS) is 19.2. The minimum Gasteiger partial charge on any atom is -0.406 e. The molecule has 1 aliphatic carbocycles. The summed E-state index contributed by atoms with van der Waals surface area (Å²) >= 11 is 0. The van der Waals surface area contributed by atoms with Crippen molar-refractivity contribution in [2.75, 3.05) is 0 Å². The van der Waals surface area contributed by atoms with Crippen LogP contribution in [0.25, 0.3) is 10.8 Å². The highest BCUT2D eigenvalue weighted by atomic mass is 35.5. The minimum atomic E-state index is -4.76. The van der Waals surface area contributed by atoms with Gasteiger partial charge in [-0.1, -0.05) is 55.3 Å². The average molecular weight is 493 g/mol. The second-order valence-electron chi connectivity index (χ2n) is 8.50. The Morgan fingerprint density at radius 2 is 1.59 bits per heavy atom. The van der Waals surface area contributed by atoms with Gasteiger partial charge in [-0.25, -0.2) is 0 Å². The van der Waals surface area contributed by atoms with E-state index in [1.807, 2.05) is 12.1 Å². The van der Waals surface area contributed by atoms with Crippen LogP contribution < -0.4 is 15.4 Å². The summed E-state index contributed by atoms with van der Waals surface area (Å²) in [5.74, 6) is -0.648. The van der Waals surface area contributed by atoms with E-state index < -0.39 is 6.36 Å². The van der Waals surface area contributed by atoms with Crippen LogP contribution >= 0.6 is 12.4 Å². The molecule has 2 N–H and O–H groups in total. The number of carbonyl (C=O) groups excluding carboxylic acids is 1. The molecule has 182 valence electrons. The number of benzene rings is 3. The van der Waals surface area contributed by atoms with Crippen LogP contribution in [-0.4, -0.2) is 24.4 Å². The van der Waals surface area contributed by atoms with Crippen LogP contribution in [-0.2, 0) is 0 Å². The van der Waals surface area contributed by atoms with Crippen molar-refractivity contribution in [2.24, 2.45) is 0 Å². The molecule has 1 unspecified atom stereocenters. The van der Waals surface area contributed by atoms with Crippen molar-refractivity contribution in [2.45, 2.75) is 57.1 Å². The molecule has 1 fully saturated rings. The summed E-state index contributed by atoms with van der Waals surface area (Å²) in [5, 5.41) is 9.19. The van der Waals surface area contributed by atoms with Crippen LogP contribution in [0.5, 0.6) is 5.75 Å². The van der Waals surface area contributed by atoms with Gasteiger partial charge in [0.1, 0.15) is 5.75 Å². The van der Waals surface area contributed by atoms with Crippen molar-refractivity contribution in [3.05, 3.63) is 77.9 Å². The second-order valence-corrected chi connectivity index (χ2v) is 8.50. The second kappa shape index (κ2) is 11.1. The molecule has 0 heterocycles. The monoisotopic (exact) mass is 492 g/mol. The zero-order valence-electron chi connectivity index (χ0n) is 18.8. The van der Waals surface area contributed by atoms with E-state index in [2.05, 4.69) is 52.6 Å². The first-order chi connectivity index (χ1) is 15.8. The molecular weight excluding hydrogens is 465 g/mol. The van der Waals surface area contributed by atoms with Gasteiger partial charge in [-0.3, -0.25) is 4.79 Å². The van der Waals surface area contributed by atoms with Gasteiger partial charge >= 0.3 is 6.36 Å². The van der Waals surface area contributed by atoms with E-state index in [1.165, 1.54) is 28.5 Å². The third-order valence-corrected chi connectivity index (χ3v) is 6.19. The topological polar surface area (TPSA) is 50.4 Å². The quantitative estimate of drug-likeness (QED) is 0.410. The number of ether oxygens (including phenoxy) is 1. The highest BCUT2D eigenvalue weighted by molar-refractivity contribution is 5.94. The van der Waals surface area contributed by atoms with Crippen molar-refractivity contribution in [3.63, 3.8) is 0 Å². The molecule has 8 heteroatoms. The predicted octanol–water partition coefficient (Wildman–Crippen LogP) is 6.55. The molecule has 0 aromatic heterocycles. The molecular formula is C26H28ClF3N2O2. The van der Waals surface area contributed by atoms with E-state index in [1.54, 1.807) is 0 Å². The van der Waals surface area contributed by atoms with Gasteiger partial charge in [-0.2, -0.15) is 0 Å². The molecule has 0 saturated heterocycles. The molecule has 0 aliphatic heterocycles. The molecule has 4 nitrogen and oxygen atoms in total. The van der Waals surface area contributed by atoms with Gasteiger partial charge in [0.2, 0.25) is 0 Å². The highest BCUT2D eigenvalue weighted by Crippen LogP contribution is 2.27. The summed E-state index contributed by atoms with van der Waals surface area (Å²) in [6.45, 7) is 2.13. The number of fused-ring (bicyclic) bond motifs is 1. The van der Waals surface area contributed by atoms with Crippen LogP contribution in [0.4, 0.5) is 13.2 Å². The smallest absolute Gasteiger partial charge is 0.406 e. The summed E-state index contributed by atoms with van der Waals surface area (Å²) < 4.78 is 40.9. The SMILES string of the molecule is CC(N[C@@H]1CCCC[C@H]1NC(=O)c1ccc(OC(F)(F)F)cc1)c1cccc2ccccc12.Cl. The van der Waals surface area contributed by atoms with Gasteiger partial charge in [-0.15, -0.1) is 25.6 Å².